The molecule has 1 N–H and O–H groups in total. The Morgan fingerprint density at radius 1 is 1.50 bits per heavy atom. The second kappa shape index (κ2) is 5.73. The van der Waals surface area contributed by atoms with Crippen LogP contribution in [0.15, 0.2) is 18.2 Å². The molecule has 0 spiro atoms. The van der Waals surface area contributed by atoms with Gasteiger partial charge in [-0.25, -0.2) is 4.79 Å². The fourth-order valence-corrected chi connectivity index (χ4v) is 2.17. The van der Waals surface area contributed by atoms with E-state index in [-0.39, 0.29) is 13.2 Å². The molecular weight excluding hydrogens is 234 g/mol. The summed E-state index contributed by atoms with van der Waals surface area (Å²) in [5.74, 6) is 0.674. The fourth-order valence-electron chi connectivity index (χ4n) is 2.17. The average Bonchev–Trinajstić information content (AvgIpc) is 2.43. The maximum absolute atomic E-state index is 11.9. The molecule has 18 heavy (non-hydrogen) atoms. The van der Waals surface area contributed by atoms with E-state index < -0.39 is 6.09 Å². The predicted molar refractivity (Wildman–Crippen MR) is 67.1 cm³/mol. The molecule has 0 saturated carbocycles. The van der Waals surface area contributed by atoms with Gasteiger partial charge >= 0.3 is 6.09 Å². The third-order valence-corrected chi connectivity index (χ3v) is 2.94. The van der Waals surface area contributed by atoms with Gasteiger partial charge in [-0.1, -0.05) is 12.1 Å². The van der Waals surface area contributed by atoms with Crippen molar-refractivity contribution in [2.24, 2.45) is 0 Å². The van der Waals surface area contributed by atoms with E-state index in [0.717, 1.165) is 24.1 Å². The van der Waals surface area contributed by atoms with Crippen LogP contribution in [0.2, 0.25) is 0 Å². The zero-order valence-corrected chi connectivity index (χ0v) is 10.4. The number of ether oxygens (including phenoxy) is 2. The number of fused-ring (bicyclic) bond motifs is 1. The molecule has 0 aromatic heterocycles. The van der Waals surface area contributed by atoms with Crippen molar-refractivity contribution in [2.75, 3.05) is 31.8 Å². The Balaban J connectivity index is 2.28. The highest BCUT2D eigenvalue weighted by Crippen LogP contribution is 2.36. The molecule has 2 rings (SSSR count). The molecule has 0 bridgehead atoms. The van der Waals surface area contributed by atoms with Gasteiger partial charge in [0.25, 0.3) is 0 Å². The van der Waals surface area contributed by atoms with Crippen LogP contribution in [0.5, 0.6) is 5.75 Å². The monoisotopic (exact) mass is 251 g/mol. The Hall–Kier alpha value is -1.75. The second-order valence-corrected chi connectivity index (χ2v) is 4.06. The molecule has 0 unspecified atom stereocenters. The zero-order chi connectivity index (χ0) is 13.0. The van der Waals surface area contributed by atoms with Crippen molar-refractivity contribution in [3.63, 3.8) is 0 Å². The van der Waals surface area contributed by atoms with Crippen LogP contribution in [-0.2, 0) is 11.2 Å². The van der Waals surface area contributed by atoms with E-state index in [2.05, 4.69) is 0 Å². The number of carbonyl (C=O) groups is 1. The number of rotatable bonds is 3. The van der Waals surface area contributed by atoms with E-state index >= 15 is 0 Å². The lowest BCUT2D eigenvalue weighted by atomic mass is 10.0. The second-order valence-electron chi connectivity index (χ2n) is 4.06. The summed E-state index contributed by atoms with van der Waals surface area (Å²) in [5.41, 5.74) is 1.87. The summed E-state index contributed by atoms with van der Waals surface area (Å²) in [4.78, 5) is 13.5. The maximum atomic E-state index is 11.9. The fraction of sp³-hybridized carbons (Fsp3) is 0.462. The number of anilines is 1. The molecule has 1 aliphatic heterocycles. The standard InChI is InChI=1S/C13H17NO4/c1-17-11-6-2-4-10-5-3-7-14(12(10)11)13(16)18-9-8-15/h2,4,6,15H,3,5,7-9H2,1H3. The van der Waals surface area contributed by atoms with Gasteiger partial charge in [-0.2, -0.15) is 0 Å². The average molecular weight is 251 g/mol. The van der Waals surface area contributed by atoms with Gasteiger partial charge in [0.15, 0.2) is 0 Å². The molecule has 1 heterocycles. The van der Waals surface area contributed by atoms with Crippen LogP contribution in [0.4, 0.5) is 10.5 Å². The molecule has 98 valence electrons. The predicted octanol–water partition coefficient (Wildman–Crippen LogP) is 1.58. The number of aliphatic hydroxyl groups excluding tert-OH is 1. The Morgan fingerprint density at radius 3 is 3.06 bits per heavy atom. The number of methoxy groups -OCH3 is 1. The number of para-hydroxylation sites is 1. The third-order valence-electron chi connectivity index (χ3n) is 2.94. The van der Waals surface area contributed by atoms with Crippen molar-refractivity contribution < 1.29 is 19.4 Å². The number of carbonyl (C=O) groups excluding carboxylic acids is 1. The van der Waals surface area contributed by atoms with Crippen molar-refractivity contribution in [1.82, 2.24) is 0 Å². The smallest absolute Gasteiger partial charge is 0.414 e. The summed E-state index contributed by atoms with van der Waals surface area (Å²) in [7, 11) is 1.58. The van der Waals surface area contributed by atoms with Gasteiger partial charge in [0.1, 0.15) is 12.4 Å². The van der Waals surface area contributed by atoms with E-state index in [1.807, 2.05) is 18.2 Å². The topological polar surface area (TPSA) is 59.0 Å². The highest BCUT2D eigenvalue weighted by Gasteiger charge is 2.26. The molecule has 0 aliphatic carbocycles. The first-order valence-electron chi connectivity index (χ1n) is 5.99. The summed E-state index contributed by atoms with van der Waals surface area (Å²) in [6.45, 7) is 0.454. The van der Waals surface area contributed by atoms with Gasteiger partial charge in [0, 0.05) is 6.54 Å². The van der Waals surface area contributed by atoms with Crippen LogP contribution in [-0.4, -0.2) is 38.1 Å². The van der Waals surface area contributed by atoms with E-state index in [4.69, 9.17) is 14.6 Å². The van der Waals surface area contributed by atoms with Crippen molar-refractivity contribution in [3.05, 3.63) is 23.8 Å². The Morgan fingerprint density at radius 2 is 2.33 bits per heavy atom. The Kier molecular flexibility index (Phi) is 4.04. The van der Waals surface area contributed by atoms with Crippen LogP contribution in [0.3, 0.4) is 0 Å². The first-order chi connectivity index (χ1) is 8.77. The van der Waals surface area contributed by atoms with Crippen molar-refractivity contribution in [2.45, 2.75) is 12.8 Å². The van der Waals surface area contributed by atoms with Crippen LogP contribution >= 0.6 is 0 Å². The lowest BCUT2D eigenvalue weighted by molar-refractivity contribution is 0.124. The quantitative estimate of drug-likeness (QED) is 0.886. The largest absolute Gasteiger partial charge is 0.495 e. The molecule has 1 aromatic carbocycles. The number of hydrogen-bond acceptors (Lipinski definition) is 4. The Labute approximate surface area is 106 Å². The van der Waals surface area contributed by atoms with Gasteiger partial charge < -0.3 is 14.6 Å². The number of amides is 1. The van der Waals surface area contributed by atoms with Gasteiger partial charge in [0.2, 0.25) is 0 Å². The van der Waals surface area contributed by atoms with E-state index in [1.165, 1.54) is 0 Å². The molecular formula is C13H17NO4. The summed E-state index contributed by atoms with van der Waals surface area (Å²) in [5, 5.41) is 8.69. The first kappa shape index (κ1) is 12.7. The molecule has 1 amide bonds. The maximum Gasteiger partial charge on any atom is 0.414 e. The van der Waals surface area contributed by atoms with Gasteiger partial charge in [-0.05, 0) is 24.5 Å². The minimum absolute atomic E-state index is 0.0137. The molecule has 0 atom stereocenters. The highest BCUT2D eigenvalue weighted by atomic mass is 16.6. The molecule has 1 aromatic rings. The number of aliphatic hydroxyl groups is 1. The number of aryl methyl sites for hydroxylation is 1. The SMILES string of the molecule is COc1cccc2c1N(C(=O)OCCO)CCC2. The van der Waals surface area contributed by atoms with Crippen LogP contribution in [0.1, 0.15) is 12.0 Å². The normalized spacial score (nSPS) is 14.0. The summed E-state index contributed by atoms with van der Waals surface area (Å²) in [6.07, 6.45) is 1.39. The zero-order valence-electron chi connectivity index (χ0n) is 10.4. The summed E-state index contributed by atoms with van der Waals surface area (Å²) < 4.78 is 10.3. The summed E-state index contributed by atoms with van der Waals surface area (Å²) in [6, 6.07) is 5.74. The number of benzene rings is 1. The van der Waals surface area contributed by atoms with Gasteiger partial charge in [0.05, 0.1) is 19.4 Å². The molecule has 5 nitrogen and oxygen atoms in total. The minimum atomic E-state index is -0.436. The first-order valence-corrected chi connectivity index (χ1v) is 5.99. The van der Waals surface area contributed by atoms with Gasteiger partial charge in [-0.15, -0.1) is 0 Å². The lowest BCUT2D eigenvalue weighted by Gasteiger charge is -2.30. The van der Waals surface area contributed by atoms with Crippen molar-refractivity contribution in [3.8, 4) is 5.75 Å². The van der Waals surface area contributed by atoms with E-state index in [0.29, 0.717) is 12.3 Å². The summed E-state index contributed by atoms with van der Waals surface area (Å²) >= 11 is 0. The highest BCUT2D eigenvalue weighted by molar-refractivity contribution is 5.91. The van der Waals surface area contributed by atoms with E-state index in [9.17, 15) is 4.79 Å². The lowest BCUT2D eigenvalue weighted by Crippen LogP contribution is -2.36. The molecule has 0 saturated heterocycles. The number of nitrogens with zero attached hydrogens (tertiary/aromatic N) is 1. The van der Waals surface area contributed by atoms with Crippen LogP contribution in [0, 0.1) is 0 Å². The van der Waals surface area contributed by atoms with Crippen molar-refractivity contribution in [1.29, 1.82) is 0 Å². The Bertz CT molecular complexity index is 419. The molecule has 1 aliphatic rings. The van der Waals surface area contributed by atoms with Crippen LogP contribution < -0.4 is 9.64 Å². The van der Waals surface area contributed by atoms with E-state index in [1.54, 1.807) is 12.0 Å². The number of hydrogen-bond donors (Lipinski definition) is 1. The molecule has 5 heteroatoms. The minimum Gasteiger partial charge on any atom is -0.495 e. The van der Waals surface area contributed by atoms with Crippen molar-refractivity contribution >= 4 is 11.8 Å². The van der Waals surface area contributed by atoms with Crippen LogP contribution in [0.25, 0.3) is 0 Å². The van der Waals surface area contributed by atoms with Gasteiger partial charge in [-0.3, -0.25) is 4.90 Å². The molecule has 0 radical (unpaired) electrons. The third kappa shape index (κ3) is 2.41. The molecule has 0 fully saturated rings.